The highest BCUT2D eigenvalue weighted by Gasteiger charge is 2.19. The first-order valence-electron chi connectivity index (χ1n) is 9.23. The van der Waals surface area contributed by atoms with Crippen LogP contribution in [0.3, 0.4) is 0 Å². The first-order valence-corrected chi connectivity index (χ1v) is 9.23. The smallest absolute Gasteiger partial charge is 0.338 e. The summed E-state index contributed by atoms with van der Waals surface area (Å²) in [4.78, 5) is 43.1. The molecule has 3 N–H and O–H groups in total. The molecule has 1 heterocycles. The molecular formula is C22H21N3O5. The monoisotopic (exact) mass is 407 g/mol. The van der Waals surface area contributed by atoms with Crippen molar-refractivity contribution in [2.45, 2.75) is 26.9 Å². The minimum Gasteiger partial charge on any atom is -0.478 e. The SMILES string of the molecule is Cc1nc(-c2ccc(C(=O)OC(C)C(=O)Nc3ccc(C(=O)O)cc3)cc2)[nH]c1C. The van der Waals surface area contributed by atoms with Crippen molar-refractivity contribution in [3.05, 3.63) is 71.0 Å². The van der Waals surface area contributed by atoms with Crippen LogP contribution in [-0.2, 0) is 9.53 Å². The van der Waals surface area contributed by atoms with Gasteiger partial charge in [-0.3, -0.25) is 4.79 Å². The number of aryl methyl sites for hydroxylation is 2. The number of carbonyl (C=O) groups is 3. The third-order valence-electron chi connectivity index (χ3n) is 4.57. The van der Waals surface area contributed by atoms with E-state index in [4.69, 9.17) is 9.84 Å². The predicted octanol–water partition coefficient (Wildman–Crippen LogP) is 3.58. The molecule has 154 valence electrons. The number of aromatic nitrogens is 2. The molecule has 0 bridgehead atoms. The van der Waals surface area contributed by atoms with Gasteiger partial charge in [0.15, 0.2) is 6.10 Å². The molecule has 30 heavy (non-hydrogen) atoms. The van der Waals surface area contributed by atoms with E-state index >= 15 is 0 Å². The van der Waals surface area contributed by atoms with Crippen LogP contribution in [0.1, 0.15) is 39.0 Å². The molecule has 8 heteroatoms. The largest absolute Gasteiger partial charge is 0.478 e. The van der Waals surface area contributed by atoms with Crippen LogP contribution in [0.4, 0.5) is 5.69 Å². The fraction of sp³-hybridized carbons (Fsp3) is 0.182. The van der Waals surface area contributed by atoms with Crippen LogP contribution in [0.5, 0.6) is 0 Å². The van der Waals surface area contributed by atoms with Crippen molar-refractivity contribution in [1.82, 2.24) is 9.97 Å². The number of amides is 1. The van der Waals surface area contributed by atoms with Crippen molar-refractivity contribution in [3.8, 4) is 11.4 Å². The van der Waals surface area contributed by atoms with Crippen molar-refractivity contribution >= 4 is 23.5 Å². The molecule has 0 radical (unpaired) electrons. The molecule has 2 aromatic carbocycles. The Morgan fingerprint density at radius 1 is 1.00 bits per heavy atom. The molecule has 0 spiro atoms. The summed E-state index contributed by atoms with van der Waals surface area (Å²) in [6.45, 7) is 5.31. The number of ether oxygens (including phenoxy) is 1. The van der Waals surface area contributed by atoms with E-state index in [-0.39, 0.29) is 5.56 Å². The van der Waals surface area contributed by atoms with Gasteiger partial charge in [0, 0.05) is 16.9 Å². The van der Waals surface area contributed by atoms with Crippen LogP contribution in [0.25, 0.3) is 11.4 Å². The van der Waals surface area contributed by atoms with E-state index in [2.05, 4.69) is 15.3 Å². The lowest BCUT2D eigenvalue weighted by molar-refractivity contribution is -0.123. The normalized spacial score (nSPS) is 11.6. The van der Waals surface area contributed by atoms with Crippen LogP contribution in [0, 0.1) is 13.8 Å². The number of imidazole rings is 1. The summed E-state index contributed by atoms with van der Waals surface area (Å²) in [5.74, 6) is -1.49. The number of H-pyrrole nitrogens is 1. The molecule has 1 unspecified atom stereocenters. The molecule has 0 aliphatic carbocycles. The maximum Gasteiger partial charge on any atom is 0.338 e. The lowest BCUT2D eigenvalue weighted by atomic mass is 10.1. The quantitative estimate of drug-likeness (QED) is 0.537. The van der Waals surface area contributed by atoms with Crippen molar-refractivity contribution in [2.24, 2.45) is 0 Å². The topological polar surface area (TPSA) is 121 Å². The van der Waals surface area contributed by atoms with Gasteiger partial charge >= 0.3 is 11.9 Å². The van der Waals surface area contributed by atoms with Crippen LogP contribution >= 0.6 is 0 Å². The number of rotatable bonds is 6. The average Bonchev–Trinajstić information content (AvgIpc) is 3.06. The predicted molar refractivity (Wildman–Crippen MR) is 110 cm³/mol. The second kappa shape index (κ2) is 8.60. The minimum atomic E-state index is -1.06. The number of carboxylic acids is 1. The number of carbonyl (C=O) groups excluding carboxylic acids is 2. The number of nitrogens with zero attached hydrogens (tertiary/aromatic N) is 1. The summed E-state index contributed by atoms with van der Waals surface area (Å²) in [6.07, 6.45) is -1.04. The van der Waals surface area contributed by atoms with Crippen molar-refractivity contribution in [2.75, 3.05) is 5.32 Å². The van der Waals surface area contributed by atoms with Crippen LogP contribution in [-0.4, -0.2) is 39.0 Å². The van der Waals surface area contributed by atoms with Gasteiger partial charge in [0.05, 0.1) is 16.8 Å². The number of anilines is 1. The van der Waals surface area contributed by atoms with Gasteiger partial charge in [0.2, 0.25) is 0 Å². The number of aromatic amines is 1. The number of benzene rings is 2. The van der Waals surface area contributed by atoms with Gasteiger partial charge in [-0.15, -0.1) is 0 Å². The molecule has 0 saturated heterocycles. The molecule has 8 nitrogen and oxygen atoms in total. The number of esters is 1. The summed E-state index contributed by atoms with van der Waals surface area (Å²) in [7, 11) is 0. The fourth-order valence-corrected chi connectivity index (χ4v) is 2.67. The second-order valence-corrected chi connectivity index (χ2v) is 6.79. The Labute approximate surface area is 172 Å². The van der Waals surface area contributed by atoms with Gasteiger partial charge < -0.3 is 20.1 Å². The number of carboxylic acid groups (broad SMARTS) is 1. The molecule has 1 aromatic heterocycles. The Bertz CT molecular complexity index is 1070. The van der Waals surface area contributed by atoms with Gasteiger partial charge in [-0.05, 0) is 57.2 Å². The van der Waals surface area contributed by atoms with Gasteiger partial charge in [-0.2, -0.15) is 0 Å². The highest BCUT2D eigenvalue weighted by atomic mass is 16.5. The van der Waals surface area contributed by atoms with Crippen molar-refractivity contribution < 1.29 is 24.2 Å². The van der Waals surface area contributed by atoms with E-state index in [1.54, 1.807) is 24.3 Å². The van der Waals surface area contributed by atoms with Crippen LogP contribution in [0.2, 0.25) is 0 Å². The van der Waals surface area contributed by atoms with E-state index in [0.717, 1.165) is 17.0 Å². The lowest BCUT2D eigenvalue weighted by Crippen LogP contribution is -2.30. The molecule has 0 aliphatic heterocycles. The molecule has 3 rings (SSSR count). The Hall–Kier alpha value is -3.94. The first-order chi connectivity index (χ1) is 14.2. The van der Waals surface area contributed by atoms with Gasteiger partial charge in [-0.25, -0.2) is 14.6 Å². The molecule has 1 amide bonds. The summed E-state index contributed by atoms with van der Waals surface area (Å²) in [5.41, 5.74) is 3.54. The number of hydrogen-bond acceptors (Lipinski definition) is 5. The summed E-state index contributed by atoms with van der Waals surface area (Å²) in [5, 5.41) is 11.5. The summed E-state index contributed by atoms with van der Waals surface area (Å²) in [6, 6.07) is 12.4. The maximum absolute atomic E-state index is 12.3. The Morgan fingerprint density at radius 2 is 1.60 bits per heavy atom. The minimum absolute atomic E-state index is 0.107. The van der Waals surface area contributed by atoms with Crippen molar-refractivity contribution in [1.29, 1.82) is 0 Å². The Morgan fingerprint density at radius 3 is 2.13 bits per heavy atom. The second-order valence-electron chi connectivity index (χ2n) is 6.79. The van der Waals surface area contributed by atoms with E-state index in [0.29, 0.717) is 17.1 Å². The highest BCUT2D eigenvalue weighted by molar-refractivity contribution is 5.98. The molecule has 3 aromatic rings. The Kier molecular flexibility index (Phi) is 5.96. The highest BCUT2D eigenvalue weighted by Crippen LogP contribution is 2.19. The molecule has 1 atom stereocenters. The Balaban J connectivity index is 1.60. The molecule has 0 aliphatic rings. The first kappa shape index (κ1) is 20.8. The van der Waals surface area contributed by atoms with E-state index in [1.165, 1.54) is 31.2 Å². The third kappa shape index (κ3) is 4.72. The summed E-state index contributed by atoms with van der Waals surface area (Å²) >= 11 is 0. The summed E-state index contributed by atoms with van der Waals surface area (Å²) < 4.78 is 5.23. The molecule has 0 fully saturated rings. The van der Waals surface area contributed by atoms with Gasteiger partial charge in [0.1, 0.15) is 5.82 Å². The fourth-order valence-electron chi connectivity index (χ4n) is 2.67. The molecule has 0 saturated carbocycles. The lowest BCUT2D eigenvalue weighted by Gasteiger charge is -2.14. The maximum atomic E-state index is 12.3. The third-order valence-corrected chi connectivity index (χ3v) is 4.57. The zero-order valence-electron chi connectivity index (χ0n) is 16.7. The van der Waals surface area contributed by atoms with E-state index in [9.17, 15) is 14.4 Å². The number of nitrogens with one attached hydrogen (secondary N) is 2. The van der Waals surface area contributed by atoms with E-state index in [1.807, 2.05) is 13.8 Å². The number of aromatic carboxylic acids is 1. The van der Waals surface area contributed by atoms with Crippen LogP contribution < -0.4 is 5.32 Å². The van der Waals surface area contributed by atoms with Crippen LogP contribution in [0.15, 0.2) is 48.5 Å². The zero-order valence-corrected chi connectivity index (χ0v) is 16.7. The molecular weight excluding hydrogens is 386 g/mol. The van der Waals surface area contributed by atoms with Gasteiger partial charge in [0.25, 0.3) is 5.91 Å². The van der Waals surface area contributed by atoms with Crippen molar-refractivity contribution in [3.63, 3.8) is 0 Å². The zero-order chi connectivity index (χ0) is 21.8. The standard InChI is InChI=1S/C22H21N3O5/c1-12-13(2)24-19(23-12)15-4-6-17(7-5-15)22(29)30-14(3)20(26)25-18-10-8-16(9-11-18)21(27)28/h4-11,14H,1-3H3,(H,23,24)(H,25,26)(H,27,28). The van der Waals surface area contributed by atoms with E-state index < -0.39 is 23.9 Å². The number of hydrogen-bond donors (Lipinski definition) is 3. The average molecular weight is 407 g/mol. The van der Waals surface area contributed by atoms with Gasteiger partial charge in [-0.1, -0.05) is 12.1 Å².